The molecule has 0 unspecified atom stereocenters. The van der Waals surface area contributed by atoms with Crippen molar-refractivity contribution in [2.45, 2.75) is 26.2 Å². The van der Waals surface area contributed by atoms with Crippen LogP contribution in [0.1, 0.15) is 24.0 Å². The number of benzene rings is 2. The van der Waals surface area contributed by atoms with Gasteiger partial charge in [-0.15, -0.1) is 0 Å². The molecular weight excluding hydrogens is 414 g/mol. The highest BCUT2D eigenvalue weighted by Crippen LogP contribution is 2.39. The zero-order valence-electron chi connectivity index (χ0n) is 16.2. The summed E-state index contributed by atoms with van der Waals surface area (Å²) >= 11 is 3.66. The molecule has 0 aliphatic heterocycles. The number of H-pyrrole nitrogens is 1. The van der Waals surface area contributed by atoms with Gasteiger partial charge in [-0.25, -0.2) is 0 Å². The molecule has 0 fully saturated rings. The number of aromatic amines is 1. The van der Waals surface area contributed by atoms with Crippen LogP contribution in [-0.4, -0.2) is 23.6 Å². The number of nitrogens with one attached hydrogen (secondary N) is 1. The highest BCUT2D eigenvalue weighted by molar-refractivity contribution is 9.10. The highest BCUT2D eigenvalue weighted by Gasteiger charge is 2.18. The number of fused-ring (bicyclic) bond motifs is 2. The van der Waals surface area contributed by atoms with Crippen LogP contribution < -0.4 is 10.5 Å². The van der Waals surface area contributed by atoms with E-state index in [2.05, 4.69) is 63.2 Å². The lowest BCUT2D eigenvalue weighted by Gasteiger charge is -2.09. The van der Waals surface area contributed by atoms with Gasteiger partial charge in [-0.2, -0.15) is 0 Å². The summed E-state index contributed by atoms with van der Waals surface area (Å²) in [5, 5.41) is 2.33. The fourth-order valence-corrected chi connectivity index (χ4v) is 4.34. The Kier molecular flexibility index (Phi) is 5.38. The van der Waals surface area contributed by atoms with Gasteiger partial charge in [-0.3, -0.25) is 4.98 Å². The number of rotatable bonds is 6. The van der Waals surface area contributed by atoms with Crippen LogP contribution in [0.5, 0.6) is 5.75 Å². The molecule has 4 aromatic rings. The summed E-state index contributed by atoms with van der Waals surface area (Å²) in [5.74, 6) is 0.884. The van der Waals surface area contributed by atoms with E-state index < -0.39 is 0 Å². The lowest BCUT2D eigenvalue weighted by Crippen LogP contribution is -1.99. The first-order valence-corrected chi connectivity index (χ1v) is 10.4. The summed E-state index contributed by atoms with van der Waals surface area (Å²) in [6, 6.07) is 12.5. The molecule has 0 radical (unpaired) electrons. The molecule has 2 aromatic heterocycles. The number of pyridine rings is 1. The Bertz CT molecular complexity index is 1150. The Hall–Kier alpha value is -2.37. The summed E-state index contributed by atoms with van der Waals surface area (Å²) in [6.07, 6.45) is 4.87. The van der Waals surface area contributed by atoms with E-state index in [0.29, 0.717) is 6.54 Å². The molecule has 0 aliphatic rings. The van der Waals surface area contributed by atoms with Crippen LogP contribution in [0.15, 0.2) is 47.1 Å². The Morgan fingerprint density at radius 1 is 1.14 bits per heavy atom. The quantitative estimate of drug-likeness (QED) is 0.377. The van der Waals surface area contributed by atoms with Crippen molar-refractivity contribution < 1.29 is 4.74 Å². The van der Waals surface area contributed by atoms with Crippen LogP contribution >= 0.6 is 15.9 Å². The van der Waals surface area contributed by atoms with Gasteiger partial charge >= 0.3 is 0 Å². The van der Waals surface area contributed by atoms with Crippen molar-refractivity contribution in [2.75, 3.05) is 13.7 Å². The summed E-state index contributed by atoms with van der Waals surface area (Å²) < 4.78 is 6.59. The van der Waals surface area contributed by atoms with Crippen molar-refractivity contribution in [3.05, 3.63) is 58.2 Å². The number of ether oxygens (including phenoxy) is 1. The fourth-order valence-electron chi connectivity index (χ4n) is 3.89. The number of unbranched alkanes of at least 4 members (excludes halogenated alkanes) is 1. The molecule has 0 bridgehead atoms. The fraction of sp³-hybridized carbons (Fsp3) is 0.261. The first-order valence-electron chi connectivity index (χ1n) is 9.57. The third-order valence-corrected chi connectivity index (χ3v) is 5.98. The maximum absolute atomic E-state index is 5.75. The number of nitrogens with two attached hydrogens (primary N) is 1. The number of aryl methyl sites for hydroxylation is 2. The standard InChI is InChI=1S/C23H24BrN3O/c1-14-12-15(28-2)13-19-16(6-3-4-10-25)23(27-21(14)19)18-8-9-20(24)17-7-5-11-26-22(17)18/h5,7-9,11-13,27H,3-4,6,10,25H2,1-2H3. The average Bonchev–Trinajstić information content (AvgIpc) is 3.07. The van der Waals surface area contributed by atoms with E-state index in [4.69, 9.17) is 10.5 Å². The molecule has 0 saturated carbocycles. The zero-order valence-corrected chi connectivity index (χ0v) is 17.8. The number of aromatic nitrogens is 2. The molecule has 144 valence electrons. The van der Waals surface area contributed by atoms with Crippen molar-refractivity contribution in [1.82, 2.24) is 9.97 Å². The third-order valence-electron chi connectivity index (χ3n) is 5.29. The molecule has 4 rings (SSSR count). The minimum absolute atomic E-state index is 0.711. The summed E-state index contributed by atoms with van der Waals surface area (Å²) in [7, 11) is 1.72. The predicted octanol–water partition coefficient (Wildman–Crippen LogP) is 5.74. The molecule has 0 saturated heterocycles. The first kappa shape index (κ1) is 19.0. The van der Waals surface area contributed by atoms with Crippen LogP contribution in [-0.2, 0) is 6.42 Å². The lowest BCUT2D eigenvalue weighted by molar-refractivity contribution is 0.415. The van der Waals surface area contributed by atoms with E-state index in [1.54, 1.807) is 7.11 Å². The Morgan fingerprint density at radius 3 is 2.79 bits per heavy atom. The van der Waals surface area contributed by atoms with Crippen molar-refractivity contribution in [2.24, 2.45) is 5.73 Å². The molecule has 4 nitrogen and oxygen atoms in total. The summed E-state index contributed by atoms with van der Waals surface area (Å²) in [4.78, 5) is 8.38. The van der Waals surface area contributed by atoms with Gasteiger partial charge in [0.1, 0.15) is 5.75 Å². The minimum atomic E-state index is 0.711. The van der Waals surface area contributed by atoms with Gasteiger partial charge in [-0.05, 0) is 74.2 Å². The van der Waals surface area contributed by atoms with E-state index in [0.717, 1.165) is 57.2 Å². The first-order chi connectivity index (χ1) is 13.6. The number of halogens is 1. The van der Waals surface area contributed by atoms with E-state index in [9.17, 15) is 0 Å². The van der Waals surface area contributed by atoms with Crippen molar-refractivity contribution in [1.29, 1.82) is 0 Å². The van der Waals surface area contributed by atoms with Gasteiger partial charge in [0, 0.05) is 32.5 Å². The SMILES string of the molecule is COc1cc(C)c2[nH]c(-c3ccc(Br)c4cccnc34)c(CCCCN)c2c1. The van der Waals surface area contributed by atoms with Crippen LogP contribution in [0.3, 0.4) is 0 Å². The van der Waals surface area contributed by atoms with Crippen molar-refractivity contribution in [3.63, 3.8) is 0 Å². The monoisotopic (exact) mass is 437 g/mol. The number of nitrogens with zero attached hydrogens (tertiary/aromatic N) is 1. The second kappa shape index (κ2) is 7.94. The van der Waals surface area contributed by atoms with Gasteiger partial charge in [0.15, 0.2) is 0 Å². The second-order valence-corrected chi connectivity index (χ2v) is 7.94. The topological polar surface area (TPSA) is 63.9 Å². The van der Waals surface area contributed by atoms with E-state index >= 15 is 0 Å². The molecule has 3 N–H and O–H groups in total. The average molecular weight is 438 g/mol. The predicted molar refractivity (Wildman–Crippen MR) is 120 cm³/mol. The van der Waals surface area contributed by atoms with Crippen LogP contribution in [0, 0.1) is 6.92 Å². The van der Waals surface area contributed by atoms with Crippen LogP contribution in [0.4, 0.5) is 0 Å². The highest BCUT2D eigenvalue weighted by atomic mass is 79.9. The molecule has 2 aromatic carbocycles. The maximum Gasteiger partial charge on any atom is 0.119 e. The molecule has 2 heterocycles. The van der Waals surface area contributed by atoms with Crippen molar-refractivity contribution >= 4 is 37.7 Å². The van der Waals surface area contributed by atoms with E-state index in [1.807, 2.05) is 12.3 Å². The Labute approximate surface area is 173 Å². The molecule has 0 aliphatic carbocycles. The van der Waals surface area contributed by atoms with Gasteiger partial charge < -0.3 is 15.5 Å². The Balaban J connectivity index is 2.00. The zero-order chi connectivity index (χ0) is 19.7. The number of hydrogen-bond donors (Lipinski definition) is 2. The van der Waals surface area contributed by atoms with Gasteiger partial charge in [0.2, 0.25) is 0 Å². The Morgan fingerprint density at radius 2 is 2.00 bits per heavy atom. The minimum Gasteiger partial charge on any atom is -0.497 e. The molecule has 5 heteroatoms. The normalized spacial score (nSPS) is 11.4. The number of methoxy groups -OCH3 is 1. The van der Waals surface area contributed by atoms with Gasteiger partial charge in [-0.1, -0.05) is 22.0 Å². The molecule has 28 heavy (non-hydrogen) atoms. The van der Waals surface area contributed by atoms with Gasteiger partial charge in [0.25, 0.3) is 0 Å². The van der Waals surface area contributed by atoms with Crippen molar-refractivity contribution in [3.8, 4) is 17.0 Å². The lowest BCUT2D eigenvalue weighted by atomic mass is 9.98. The van der Waals surface area contributed by atoms with Gasteiger partial charge in [0.05, 0.1) is 18.3 Å². The molecule has 0 atom stereocenters. The van der Waals surface area contributed by atoms with E-state index in [-0.39, 0.29) is 0 Å². The third kappa shape index (κ3) is 3.29. The second-order valence-electron chi connectivity index (χ2n) is 7.09. The van der Waals surface area contributed by atoms with E-state index in [1.165, 1.54) is 16.5 Å². The summed E-state index contributed by atoms with van der Waals surface area (Å²) in [5.41, 5.74) is 12.6. The molecular formula is C23H24BrN3O. The largest absolute Gasteiger partial charge is 0.497 e. The number of hydrogen-bond acceptors (Lipinski definition) is 3. The smallest absolute Gasteiger partial charge is 0.119 e. The maximum atomic E-state index is 5.75. The molecule has 0 spiro atoms. The summed E-state index contributed by atoms with van der Waals surface area (Å²) in [6.45, 7) is 2.83. The molecule has 0 amide bonds. The van der Waals surface area contributed by atoms with Crippen LogP contribution in [0.2, 0.25) is 0 Å². The van der Waals surface area contributed by atoms with Crippen LogP contribution in [0.25, 0.3) is 33.1 Å².